The lowest BCUT2D eigenvalue weighted by atomic mass is 9.99. The molecule has 0 aromatic heterocycles. The quantitative estimate of drug-likeness (QED) is 0.204. The van der Waals surface area contributed by atoms with Crippen LogP contribution in [0.3, 0.4) is 0 Å². The summed E-state index contributed by atoms with van der Waals surface area (Å²) in [7, 11) is 0. The Morgan fingerprint density at radius 1 is 0.686 bits per heavy atom. The summed E-state index contributed by atoms with van der Waals surface area (Å²) in [6, 6.07) is 23.1. The molecule has 1 nitrogen and oxygen atoms in total. The summed E-state index contributed by atoms with van der Waals surface area (Å²) in [5.41, 5.74) is 5.05. The number of allylic oxidation sites excluding steroid dienone is 1. The van der Waals surface area contributed by atoms with Crippen LogP contribution < -0.4 is 0 Å². The van der Waals surface area contributed by atoms with Gasteiger partial charge in [-0.2, -0.15) is 0 Å². The Morgan fingerprint density at radius 2 is 1.31 bits per heavy atom. The maximum absolute atomic E-state index is 14.8. The van der Waals surface area contributed by atoms with Gasteiger partial charge in [0.25, 0.3) is 0 Å². The van der Waals surface area contributed by atoms with Crippen molar-refractivity contribution in [1.82, 2.24) is 0 Å². The van der Waals surface area contributed by atoms with Gasteiger partial charge in [0, 0.05) is 16.7 Å². The van der Waals surface area contributed by atoms with Gasteiger partial charge in [0.05, 0.1) is 6.61 Å². The fourth-order valence-corrected chi connectivity index (χ4v) is 4.05. The number of epoxide rings is 1. The molecule has 4 aromatic carbocycles. The van der Waals surface area contributed by atoms with E-state index in [0.29, 0.717) is 17.7 Å². The summed E-state index contributed by atoms with van der Waals surface area (Å²) in [6.45, 7) is 2.49. The van der Waals surface area contributed by atoms with Gasteiger partial charge in [0.15, 0.2) is 11.6 Å². The minimum Gasteiger partial charge on any atom is -0.368 e. The second kappa shape index (κ2) is 9.77. The van der Waals surface area contributed by atoms with Gasteiger partial charge in [-0.1, -0.05) is 97.1 Å². The van der Waals surface area contributed by atoms with Crippen molar-refractivity contribution in [3.8, 4) is 22.3 Å². The predicted molar refractivity (Wildman–Crippen MR) is 136 cm³/mol. The van der Waals surface area contributed by atoms with E-state index in [0.717, 1.165) is 22.3 Å². The van der Waals surface area contributed by atoms with Crippen molar-refractivity contribution in [2.75, 3.05) is 6.61 Å². The summed E-state index contributed by atoms with van der Waals surface area (Å²) in [5.74, 6) is -2.03. The molecule has 0 bridgehead atoms. The van der Waals surface area contributed by atoms with Crippen LogP contribution in [0.5, 0.6) is 0 Å². The highest BCUT2D eigenvalue weighted by atomic mass is 19.2. The summed E-state index contributed by atoms with van der Waals surface area (Å²) < 4.78 is 49.1. The Bertz CT molecular complexity index is 1410. The monoisotopic (exact) mass is 468 g/mol. The molecule has 1 fully saturated rings. The standard InChI is InChI=1S/C31H23F3O/c1-2-3-20-6-11-23(12-7-20)26-16-14-24(30(33)31(26)34)13-8-21-4-9-22(10-5-21)25-15-17-27(28(32)18-25)29-19-35-29/h2-18,29H,19H2,1H3/b3-2+,13-8+. The topological polar surface area (TPSA) is 12.5 Å². The average molecular weight is 469 g/mol. The molecule has 1 aliphatic rings. The number of halogens is 3. The molecular weight excluding hydrogens is 445 g/mol. The van der Waals surface area contributed by atoms with E-state index in [1.807, 2.05) is 61.5 Å². The van der Waals surface area contributed by atoms with Crippen molar-refractivity contribution in [2.45, 2.75) is 13.0 Å². The van der Waals surface area contributed by atoms with Gasteiger partial charge in [-0.3, -0.25) is 0 Å². The maximum atomic E-state index is 14.8. The van der Waals surface area contributed by atoms with E-state index in [9.17, 15) is 13.2 Å². The van der Waals surface area contributed by atoms with E-state index >= 15 is 0 Å². The Balaban J connectivity index is 1.33. The summed E-state index contributed by atoms with van der Waals surface area (Å²) in [6.07, 6.45) is 7.02. The van der Waals surface area contributed by atoms with Gasteiger partial charge in [-0.25, -0.2) is 13.2 Å². The third-order valence-corrected chi connectivity index (χ3v) is 6.07. The van der Waals surface area contributed by atoms with Crippen LogP contribution >= 0.6 is 0 Å². The highest BCUT2D eigenvalue weighted by molar-refractivity contribution is 5.75. The number of hydrogen-bond acceptors (Lipinski definition) is 1. The Morgan fingerprint density at radius 3 is 1.94 bits per heavy atom. The first kappa shape index (κ1) is 22.9. The average Bonchev–Trinajstić information content (AvgIpc) is 3.71. The molecule has 1 heterocycles. The lowest BCUT2D eigenvalue weighted by Crippen LogP contribution is -1.93. The van der Waals surface area contributed by atoms with Crippen LogP contribution in [0.2, 0.25) is 0 Å². The molecule has 0 amide bonds. The van der Waals surface area contributed by atoms with E-state index < -0.39 is 11.6 Å². The van der Waals surface area contributed by atoms with Crippen LogP contribution in [0.1, 0.15) is 35.3 Å². The van der Waals surface area contributed by atoms with Gasteiger partial charge in [-0.15, -0.1) is 0 Å². The van der Waals surface area contributed by atoms with E-state index in [2.05, 4.69) is 0 Å². The van der Waals surface area contributed by atoms with Gasteiger partial charge < -0.3 is 4.74 Å². The van der Waals surface area contributed by atoms with E-state index in [4.69, 9.17) is 4.74 Å². The molecular formula is C31H23F3O. The number of hydrogen-bond donors (Lipinski definition) is 0. The molecule has 1 aliphatic heterocycles. The van der Waals surface area contributed by atoms with Gasteiger partial charge >= 0.3 is 0 Å². The molecule has 35 heavy (non-hydrogen) atoms. The summed E-state index contributed by atoms with van der Waals surface area (Å²) >= 11 is 0. The van der Waals surface area contributed by atoms with Crippen molar-refractivity contribution in [3.05, 3.63) is 125 Å². The first-order valence-electron chi connectivity index (χ1n) is 11.4. The number of rotatable bonds is 6. The molecule has 1 atom stereocenters. The zero-order valence-electron chi connectivity index (χ0n) is 19.1. The number of benzene rings is 4. The molecule has 174 valence electrons. The van der Waals surface area contributed by atoms with Crippen molar-refractivity contribution < 1.29 is 17.9 Å². The minimum absolute atomic E-state index is 0.125. The normalized spacial score (nSPS) is 15.3. The smallest absolute Gasteiger partial charge is 0.167 e. The van der Waals surface area contributed by atoms with Gasteiger partial charge in [0.2, 0.25) is 0 Å². The molecule has 5 rings (SSSR count). The van der Waals surface area contributed by atoms with Crippen LogP contribution in [0, 0.1) is 17.5 Å². The highest BCUT2D eigenvalue weighted by Gasteiger charge is 2.27. The summed E-state index contributed by atoms with van der Waals surface area (Å²) in [4.78, 5) is 0. The SMILES string of the molecule is C/C=C/c1ccc(-c2ccc(/C=C/c3ccc(-c4ccc(C5CO5)c(F)c4)cc3)c(F)c2F)cc1. The van der Waals surface area contributed by atoms with Crippen LogP contribution in [-0.4, -0.2) is 6.61 Å². The van der Waals surface area contributed by atoms with E-state index in [-0.39, 0.29) is 23.0 Å². The van der Waals surface area contributed by atoms with E-state index in [1.54, 1.807) is 42.5 Å². The lowest BCUT2D eigenvalue weighted by Gasteiger charge is -2.07. The molecule has 4 aromatic rings. The van der Waals surface area contributed by atoms with Crippen molar-refractivity contribution in [1.29, 1.82) is 0 Å². The first-order valence-corrected chi connectivity index (χ1v) is 11.4. The third-order valence-electron chi connectivity index (χ3n) is 6.07. The summed E-state index contributed by atoms with van der Waals surface area (Å²) in [5, 5.41) is 0. The lowest BCUT2D eigenvalue weighted by molar-refractivity contribution is 0.408. The zero-order chi connectivity index (χ0) is 24.4. The first-order chi connectivity index (χ1) is 17.0. The molecule has 0 saturated carbocycles. The second-order valence-corrected chi connectivity index (χ2v) is 8.47. The molecule has 1 unspecified atom stereocenters. The minimum atomic E-state index is -0.886. The largest absolute Gasteiger partial charge is 0.368 e. The van der Waals surface area contributed by atoms with Crippen LogP contribution in [-0.2, 0) is 4.74 Å². The number of ether oxygens (including phenoxy) is 1. The molecule has 0 aliphatic carbocycles. The van der Waals surface area contributed by atoms with Crippen LogP contribution in [0.25, 0.3) is 40.5 Å². The zero-order valence-corrected chi connectivity index (χ0v) is 19.1. The molecule has 0 radical (unpaired) electrons. The Hall–Kier alpha value is -3.89. The Kier molecular flexibility index (Phi) is 6.39. The highest BCUT2D eigenvalue weighted by Crippen LogP contribution is 2.34. The maximum Gasteiger partial charge on any atom is 0.167 e. The molecule has 0 spiro atoms. The van der Waals surface area contributed by atoms with Crippen LogP contribution in [0.4, 0.5) is 13.2 Å². The van der Waals surface area contributed by atoms with Crippen molar-refractivity contribution in [2.24, 2.45) is 0 Å². The predicted octanol–water partition coefficient (Wildman–Crippen LogP) is 8.71. The van der Waals surface area contributed by atoms with Crippen molar-refractivity contribution in [3.63, 3.8) is 0 Å². The van der Waals surface area contributed by atoms with Gasteiger partial charge in [-0.05, 0) is 40.8 Å². The van der Waals surface area contributed by atoms with Crippen molar-refractivity contribution >= 4 is 18.2 Å². The molecule has 0 N–H and O–H groups in total. The fraction of sp³-hybridized carbons (Fsp3) is 0.0968. The van der Waals surface area contributed by atoms with Crippen LogP contribution in [0.15, 0.2) is 84.9 Å². The molecule has 1 saturated heterocycles. The Labute approximate surface area is 202 Å². The second-order valence-electron chi connectivity index (χ2n) is 8.47. The molecule has 4 heteroatoms. The van der Waals surface area contributed by atoms with Gasteiger partial charge in [0.1, 0.15) is 11.9 Å². The fourth-order valence-electron chi connectivity index (χ4n) is 4.05. The van der Waals surface area contributed by atoms with E-state index in [1.165, 1.54) is 6.07 Å². The third kappa shape index (κ3) is 4.98.